The van der Waals surface area contributed by atoms with Gasteiger partial charge in [0.25, 0.3) is 0 Å². The van der Waals surface area contributed by atoms with Gasteiger partial charge in [-0.3, -0.25) is 4.79 Å². The van der Waals surface area contributed by atoms with Gasteiger partial charge in [0.2, 0.25) is 5.91 Å². The van der Waals surface area contributed by atoms with Crippen LogP contribution in [0.3, 0.4) is 0 Å². The van der Waals surface area contributed by atoms with Crippen LogP contribution < -0.4 is 5.32 Å². The van der Waals surface area contributed by atoms with Gasteiger partial charge in [-0.2, -0.15) is 0 Å². The van der Waals surface area contributed by atoms with Crippen LogP contribution in [0.2, 0.25) is 0 Å². The van der Waals surface area contributed by atoms with Gasteiger partial charge in [-0.15, -0.1) is 11.3 Å². The Balaban J connectivity index is 2.18. The predicted molar refractivity (Wildman–Crippen MR) is 44.6 cm³/mol. The highest BCUT2D eigenvalue weighted by Gasteiger charge is 2.27. The molecule has 1 saturated heterocycles. The lowest BCUT2D eigenvalue weighted by molar-refractivity contribution is -0.128. The Kier molecular flexibility index (Phi) is 1.46. The summed E-state index contributed by atoms with van der Waals surface area (Å²) in [5.74, 6) is 0.167. The second-order valence-corrected chi connectivity index (χ2v) is 3.88. The lowest BCUT2D eigenvalue weighted by Crippen LogP contribution is -2.41. The second-order valence-electron chi connectivity index (χ2n) is 2.76. The Hall–Kier alpha value is -0.830. The van der Waals surface area contributed by atoms with E-state index in [1.54, 1.807) is 11.3 Å². The van der Waals surface area contributed by atoms with E-state index >= 15 is 0 Å². The smallest absolute Gasteiger partial charge is 0.222 e. The third-order valence-electron chi connectivity index (χ3n) is 2.00. The van der Waals surface area contributed by atoms with Crippen molar-refractivity contribution in [2.75, 3.05) is 0 Å². The quantitative estimate of drug-likeness (QED) is 0.633. The van der Waals surface area contributed by atoms with Crippen LogP contribution in [0.25, 0.3) is 0 Å². The average molecular weight is 167 g/mol. The number of hydrogen-bond acceptors (Lipinski definition) is 2. The number of nitrogens with one attached hydrogen (secondary N) is 1. The first-order valence-corrected chi connectivity index (χ1v) is 4.48. The molecule has 0 saturated carbocycles. The van der Waals surface area contributed by atoms with Crippen molar-refractivity contribution in [2.45, 2.75) is 19.4 Å². The number of aryl methyl sites for hydroxylation is 1. The largest absolute Gasteiger partial charge is 0.349 e. The number of carbonyl (C=O) groups is 1. The summed E-state index contributed by atoms with van der Waals surface area (Å²) in [6.45, 7) is 2.09. The van der Waals surface area contributed by atoms with Crippen LogP contribution in [-0.2, 0) is 4.79 Å². The minimum atomic E-state index is 0.167. The van der Waals surface area contributed by atoms with Crippen LogP contribution in [0.15, 0.2) is 11.4 Å². The first-order chi connectivity index (χ1) is 5.27. The van der Waals surface area contributed by atoms with E-state index in [2.05, 4.69) is 23.7 Å². The molecule has 1 fully saturated rings. The van der Waals surface area contributed by atoms with E-state index < -0.39 is 0 Å². The van der Waals surface area contributed by atoms with Crippen molar-refractivity contribution in [1.29, 1.82) is 0 Å². The van der Waals surface area contributed by atoms with Crippen LogP contribution in [0.1, 0.15) is 22.9 Å². The molecule has 1 N–H and O–H groups in total. The third kappa shape index (κ3) is 1.05. The topological polar surface area (TPSA) is 29.1 Å². The molecule has 1 atom stereocenters. The minimum Gasteiger partial charge on any atom is -0.349 e. The summed E-state index contributed by atoms with van der Waals surface area (Å²) in [4.78, 5) is 11.9. The molecule has 0 spiro atoms. The van der Waals surface area contributed by atoms with Gasteiger partial charge in [-0.25, -0.2) is 0 Å². The van der Waals surface area contributed by atoms with Crippen LogP contribution in [0.5, 0.6) is 0 Å². The van der Waals surface area contributed by atoms with Crippen molar-refractivity contribution in [3.8, 4) is 0 Å². The average Bonchev–Trinajstić information content (AvgIpc) is 2.29. The molecule has 0 aromatic carbocycles. The molecule has 1 amide bonds. The van der Waals surface area contributed by atoms with Gasteiger partial charge in [-0.05, 0) is 23.9 Å². The zero-order chi connectivity index (χ0) is 7.84. The minimum absolute atomic E-state index is 0.167. The highest BCUT2D eigenvalue weighted by molar-refractivity contribution is 7.10. The SMILES string of the molecule is Cc1sccc1C1CC(=O)N1. The molecular formula is C8H9NOS. The molecule has 2 heterocycles. The Labute approximate surface area is 69.2 Å². The number of amides is 1. The van der Waals surface area contributed by atoms with E-state index in [-0.39, 0.29) is 5.91 Å². The maximum atomic E-state index is 10.6. The number of hydrogen-bond donors (Lipinski definition) is 1. The van der Waals surface area contributed by atoms with Crippen molar-refractivity contribution in [2.24, 2.45) is 0 Å². The second kappa shape index (κ2) is 2.34. The van der Waals surface area contributed by atoms with Gasteiger partial charge in [-0.1, -0.05) is 0 Å². The molecule has 0 bridgehead atoms. The lowest BCUT2D eigenvalue weighted by Gasteiger charge is -2.26. The van der Waals surface area contributed by atoms with Crippen molar-refractivity contribution < 1.29 is 4.79 Å². The van der Waals surface area contributed by atoms with Crippen LogP contribution >= 0.6 is 11.3 Å². The fourth-order valence-electron chi connectivity index (χ4n) is 1.30. The predicted octanol–water partition coefficient (Wildman–Crippen LogP) is 1.62. The van der Waals surface area contributed by atoms with Crippen LogP contribution in [0, 0.1) is 6.92 Å². The number of carbonyl (C=O) groups excluding carboxylic acids is 1. The van der Waals surface area contributed by atoms with E-state index in [4.69, 9.17) is 0 Å². The Morgan fingerprint density at radius 3 is 2.91 bits per heavy atom. The summed E-state index contributed by atoms with van der Waals surface area (Å²) in [5.41, 5.74) is 1.29. The molecule has 1 unspecified atom stereocenters. The standard InChI is InChI=1S/C8H9NOS/c1-5-6(2-3-11-5)7-4-8(10)9-7/h2-3,7H,4H2,1H3,(H,9,10). The Bertz CT molecular complexity index is 284. The van der Waals surface area contributed by atoms with Crippen LogP contribution in [-0.4, -0.2) is 5.91 Å². The summed E-state index contributed by atoms with van der Waals surface area (Å²) >= 11 is 1.73. The molecule has 0 aliphatic carbocycles. The van der Waals surface area contributed by atoms with Gasteiger partial charge >= 0.3 is 0 Å². The molecule has 11 heavy (non-hydrogen) atoms. The van der Waals surface area contributed by atoms with E-state index in [0.29, 0.717) is 12.5 Å². The maximum absolute atomic E-state index is 10.6. The molecule has 1 aromatic rings. The van der Waals surface area contributed by atoms with Crippen molar-refractivity contribution in [1.82, 2.24) is 5.32 Å². The number of rotatable bonds is 1. The highest BCUT2D eigenvalue weighted by atomic mass is 32.1. The molecule has 1 aliphatic heterocycles. The summed E-state index contributed by atoms with van der Waals surface area (Å²) < 4.78 is 0. The summed E-state index contributed by atoms with van der Waals surface area (Å²) in [6, 6.07) is 2.39. The fraction of sp³-hybridized carbons (Fsp3) is 0.375. The molecule has 0 radical (unpaired) electrons. The highest BCUT2D eigenvalue weighted by Crippen LogP contribution is 2.29. The lowest BCUT2D eigenvalue weighted by atomic mass is 9.98. The number of thiophene rings is 1. The van der Waals surface area contributed by atoms with Gasteiger partial charge in [0, 0.05) is 4.88 Å². The first-order valence-electron chi connectivity index (χ1n) is 3.61. The van der Waals surface area contributed by atoms with Crippen molar-refractivity contribution >= 4 is 17.2 Å². The van der Waals surface area contributed by atoms with Crippen molar-refractivity contribution in [3.63, 3.8) is 0 Å². The van der Waals surface area contributed by atoms with E-state index in [1.807, 2.05) is 0 Å². The summed E-state index contributed by atoms with van der Waals surface area (Å²) in [7, 11) is 0. The number of β-lactam (4-membered cyclic amide) rings is 1. The van der Waals surface area contributed by atoms with Gasteiger partial charge in [0.1, 0.15) is 0 Å². The zero-order valence-corrected chi connectivity index (χ0v) is 7.07. The molecule has 1 aromatic heterocycles. The van der Waals surface area contributed by atoms with Crippen molar-refractivity contribution in [3.05, 3.63) is 21.9 Å². The first kappa shape index (κ1) is 6.85. The monoisotopic (exact) mass is 167 g/mol. The molecule has 1 aliphatic rings. The zero-order valence-electron chi connectivity index (χ0n) is 6.26. The van der Waals surface area contributed by atoms with E-state index in [0.717, 1.165) is 0 Å². The van der Waals surface area contributed by atoms with E-state index in [9.17, 15) is 4.79 Å². The molecule has 2 rings (SSSR count). The van der Waals surface area contributed by atoms with Crippen LogP contribution in [0.4, 0.5) is 0 Å². The molecular weight excluding hydrogens is 158 g/mol. The van der Waals surface area contributed by atoms with E-state index in [1.165, 1.54) is 10.4 Å². The summed E-state index contributed by atoms with van der Waals surface area (Å²) in [6.07, 6.45) is 0.664. The summed E-state index contributed by atoms with van der Waals surface area (Å²) in [5, 5.41) is 4.92. The molecule has 2 nitrogen and oxygen atoms in total. The third-order valence-corrected chi connectivity index (χ3v) is 2.86. The molecule has 58 valence electrons. The maximum Gasteiger partial charge on any atom is 0.222 e. The van der Waals surface area contributed by atoms with Gasteiger partial charge < -0.3 is 5.32 Å². The van der Waals surface area contributed by atoms with Gasteiger partial charge in [0.15, 0.2) is 0 Å². The molecule has 3 heteroatoms. The Morgan fingerprint density at radius 2 is 2.45 bits per heavy atom. The Morgan fingerprint density at radius 1 is 1.73 bits per heavy atom. The normalized spacial score (nSPS) is 22.6. The fourth-order valence-corrected chi connectivity index (χ4v) is 2.07. The van der Waals surface area contributed by atoms with Gasteiger partial charge in [0.05, 0.1) is 12.5 Å².